The largest absolute Gasteiger partial charge is 0.378 e. The van der Waals surface area contributed by atoms with Crippen LogP contribution < -0.4 is 5.32 Å². The number of hydrogen-bond acceptors (Lipinski definition) is 2. The maximum Gasteiger partial charge on any atom is 0.0580 e. The summed E-state index contributed by atoms with van der Waals surface area (Å²) in [7, 11) is 2.09. The lowest BCUT2D eigenvalue weighted by molar-refractivity contribution is -0.0289. The van der Waals surface area contributed by atoms with E-state index in [9.17, 15) is 0 Å². The number of hydrogen-bond donors (Lipinski definition) is 1. The van der Waals surface area contributed by atoms with Crippen molar-refractivity contribution in [3.05, 3.63) is 35.4 Å². The normalized spacial score (nSPS) is 27.0. The fraction of sp³-hybridized carbons (Fsp3) is 0.684. The Hall–Kier alpha value is -0.860. The lowest BCUT2D eigenvalue weighted by Gasteiger charge is -2.37. The summed E-state index contributed by atoms with van der Waals surface area (Å²) < 4.78 is 5.67. The Bertz CT molecular complexity index is 431. The van der Waals surface area contributed by atoms with Crippen LogP contribution in [0.5, 0.6) is 0 Å². The Morgan fingerprint density at radius 2 is 1.90 bits per heavy atom. The zero-order chi connectivity index (χ0) is 14.7. The van der Waals surface area contributed by atoms with Gasteiger partial charge in [-0.3, -0.25) is 0 Å². The first-order valence-corrected chi connectivity index (χ1v) is 8.68. The zero-order valence-electron chi connectivity index (χ0n) is 13.5. The van der Waals surface area contributed by atoms with Gasteiger partial charge in [-0.05, 0) is 69.0 Å². The minimum absolute atomic E-state index is 0.494. The van der Waals surface area contributed by atoms with Gasteiger partial charge in [-0.1, -0.05) is 30.7 Å². The van der Waals surface area contributed by atoms with Gasteiger partial charge in [0.2, 0.25) is 0 Å². The first kappa shape index (κ1) is 15.1. The highest BCUT2D eigenvalue weighted by Gasteiger charge is 2.31. The van der Waals surface area contributed by atoms with Gasteiger partial charge in [0.15, 0.2) is 0 Å². The van der Waals surface area contributed by atoms with E-state index in [2.05, 4.69) is 43.6 Å². The van der Waals surface area contributed by atoms with E-state index in [0.717, 1.165) is 18.4 Å². The summed E-state index contributed by atoms with van der Waals surface area (Å²) in [6, 6.07) is 9.88. The molecule has 2 nitrogen and oxygen atoms in total. The average Bonchev–Trinajstić information content (AvgIpc) is 2.40. The van der Waals surface area contributed by atoms with Crippen molar-refractivity contribution in [1.82, 2.24) is 5.32 Å². The van der Waals surface area contributed by atoms with Crippen LogP contribution in [0.25, 0.3) is 0 Å². The lowest BCUT2D eigenvalue weighted by Crippen LogP contribution is -2.34. The predicted octanol–water partition coefficient (Wildman–Crippen LogP) is 4.42. The molecule has 0 bridgehead atoms. The van der Waals surface area contributed by atoms with E-state index >= 15 is 0 Å². The molecule has 116 valence electrons. The highest BCUT2D eigenvalue weighted by Crippen LogP contribution is 2.39. The summed E-state index contributed by atoms with van der Waals surface area (Å²) in [5.41, 5.74) is 2.99. The number of ether oxygens (including phenoxy) is 1. The van der Waals surface area contributed by atoms with Crippen LogP contribution in [0.15, 0.2) is 24.3 Å². The number of rotatable bonds is 7. The molecular weight excluding hydrogens is 258 g/mol. The highest BCUT2D eigenvalue weighted by atomic mass is 16.5. The first-order valence-electron chi connectivity index (χ1n) is 8.68. The van der Waals surface area contributed by atoms with E-state index in [4.69, 9.17) is 4.74 Å². The van der Waals surface area contributed by atoms with Gasteiger partial charge >= 0.3 is 0 Å². The first-order chi connectivity index (χ1) is 10.3. The zero-order valence-corrected chi connectivity index (χ0v) is 13.5. The lowest BCUT2D eigenvalue weighted by atomic mass is 9.76. The molecule has 2 aliphatic rings. The SMILES string of the molecule is CCOC1CC(CC(NC)c2ccc(C3CCC3)cc2)C1. The summed E-state index contributed by atoms with van der Waals surface area (Å²) in [6.07, 6.45) is 8.43. The molecule has 2 fully saturated rings. The van der Waals surface area contributed by atoms with Crippen molar-refractivity contribution in [2.75, 3.05) is 13.7 Å². The van der Waals surface area contributed by atoms with Gasteiger partial charge in [-0.2, -0.15) is 0 Å². The highest BCUT2D eigenvalue weighted by molar-refractivity contribution is 5.28. The van der Waals surface area contributed by atoms with Gasteiger partial charge in [-0.25, -0.2) is 0 Å². The molecule has 0 radical (unpaired) electrons. The fourth-order valence-corrected chi connectivity index (χ4v) is 3.73. The van der Waals surface area contributed by atoms with Crippen molar-refractivity contribution in [3.8, 4) is 0 Å². The molecule has 0 heterocycles. The van der Waals surface area contributed by atoms with Gasteiger partial charge in [0, 0.05) is 12.6 Å². The van der Waals surface area contributed by atoms with Crippen molar-refractivity contribution < 1.29 is 4.74 Å². The molecule has 0 saturated heterocycles. The molecule has 1 unspecified atom stereocenters. The third-order valence-corrected chi connectivity index (χ3v) is 5.43. The van der Waals surface area contributed by atoms with E-state index < -0.39 is 0 Å². The van der Waals surface area contributed by atoms with Crippen LogP contribution in [0.1, 0.15) is 68.5 Å². The van der Waals surface area contributed by atoms with E-state index in [0.29, 0.717) is 12.1 Å². The molecule has 1 atom stereocenters. The summed E-state index contributed by atoms with van der Waals surface area (Å²) in [6.45, 7) is 2.95. The van der Waals surface area contributed by atoms with Crippen LogP contribution >= 0.6 is 0 Å². The fourth-order valence-electron chi connectivity index (χ4n) is 3.73. The molecule has 2 saturated carbocycles. The molecule has 21 heavy (non-hydrogen) atoms. The van der Waals surface area contributed by atoms with Crippen molar-refractivity contribution in [1.29, 1.82) is 0 Å². The van der Waals surface area contributed by atoms with Gasteiger partial charge < -0.3 is 10.1 Å². The molecule has 2 heteroatoms. The second-order valence-corrected chi connectivity index (χ2v) is 6.79. The summed E-state index contributed by atoms with van der Waals surface area (Å²) in [4.78, 5) is 0. The molecule has 0 aliphatic heterocycles. The second-order valence-electron chi connectivity index (χ2n) is 6.79. The molecular formula is C19H29NO. The summed E-state index contributed by atoms with van der Waals surface area (Å²) in [5, 5.41) is 3.50. The van der Waals surface area contributed by atoms with Crippen molar-refractivity contribution in [2.45, 2.75) is 63.5 Å². The van der Waals surface area contributed by atoms with Crippen LogP contribution in [0.2, 0.25) is 0 Å². The van der Waals surface area contributed by atoms with E-state index in [1.807, 2.05) is 0 Å². The van der Waals surface area contributed by atoms with Gasteiger partial charge in [0.1, 0.15) is 0 Å². The van der Waals surface area contributed by atoms with Crippen molar-refractivity contribution >= 4 is 0 Å². The molecule has 0 amide bonds. The molecule has 0 spiro atoms. The third kappa shape index (κ3) is 3.49. The van der Waals surface area contributed by atoms with Gasteiger partial charge in [0.25, 0.3) is 0 Å². The minimum Gasteiger partial charge on any atom is -0.378 e. The second kappa shape index (κ2) is 6.93. The van der Waals surface area contributed by atoms with Gasteiger partial charge in [-0.15, -0.1) is 0 Å². The van der Waals surface area contributed by atoms with E-state index in [1.165, 1.54) is 44.1 Å². The Balaban J connectivity index is 1.53. The average molecular weight is 287 g/mol. The monoisotopic (exact) mass is 287 g/mol. The minimum atomic E-state index is 0.494. The topological polar surface area (TPSA) is 21.3 Å². The number of nitrogens with one attached hydrogen (secondary N) is 1. The summed E-state index contributed by atoms with van der Waals surface area (Å²) >= 11 is 0. The Morgan fingerprint density at radius 3 is 2.43 bits per heavy atom. The number of benzene rings is 1. The van der Waals surface area contributed by atoms with Crippen LogP contribution in [-0.4, -0.2) is 19.8 Å². The quantitative estimate of drug-likeness (QED) is 0.801. The maximum atomic E-state index is 5.67. The maximum absolute atomic E-state index is 5.67. The van der Waals surface area contributed by atoms with Crippen LogP contribution in [0.3, 0.4) is 0 Å². The van der Waals surface area contributed by atoms with E-state index in [1.54, 1.807) is 5.56 Å². The molecule has 2 aliphatic carbocycles. The Morgan fingerprint density at radius 1 is 1.19 bits per heavy atom. The molecule has 3 rings (SSSR count). The third-order valence-electron chi connectivity index (χ3n) is 5.43. The Labute approximate surface area is 129 Å². The smallest absolute Gasteiger partial charge is 0.0580 e. The summed E-state index contributed by atoms with van der Waals surface area (Å²) in [5.74, 6) is 1.66. The standard InChI is InChI=1S/C19H29NO/c1-3-21-18-11-14(12-18)13-19(20-2)17-9-7-16(8-10-17)15-5-4-6-15/h7-10,14-15,18-20H,3-6,11-13H2,1-2H3. The predicted molar refractivity (Wildman–Crippen MR) is 87.6 cm³/mol. The van der Waals surface area contributed by atoms with Crippen molar-refractivity contribution in [3.63, 3.8) is 0 Å². The molecule has 1 N–H and O–H groups in total. The molecule has 1 aromatic rings. The van der Waals surface area contributed by atoms with Gasteiger partial charge in [0.05, 0.1) is 6.10 Å². The van der Waals surface area contributed by atoms with Crippen LogP contribution in [-0.2, 0) is 4.74 Å². The van der Waals surface area contributed by atoms with E-state index in [-0.39, 0.29) is 0 Å². The van der Waals surface area contributed by atoms with Crippen LogP contribution in [0, 0.1) is 5.92 Å². The van der Waals surface area contributed by atoms with Crippen molar-refractivity contribution in [2.24, 2.45) is 5.92 Å². The molecule has 0 aromatic heterocycles. The molecule has 1 aromatic carbocycles. The Kier molecular flexibility index (Phi) is 4.97. The van der Waals surface area contributed by atoms with Crippen LogP contribution in [0.4, 0.5) is 0 Å².